The van der Waals surface area contributed by atoms with Crippen LogP contribution in [0.5, 0.6) is 5.75 Å². The Kier molecular flexibility index (Phi) is 3.93. The highest BCUT2D eigenvalue weighted by Gasteiger charge is 2.32. The maximum Gasteiger partial charge on any atom is 0.349 e. The number of nitrogens with one attached hydrogen (secondary N) is 1. The largest absolute Gasteiger partial charge is 0.422 e. The lowest BCUT2D eigenvalue weighted by Crippen LogP contribution is -2.46. The Bertz CT molecular complexity index is 840. The predicted molar refractivity (Wildman–Crippen MR) is 91.3 cm³/mol. The molecule has 2 aliphatic heterocycles. The number of fused-ring (bicyclic) bond motifs is 1. The van der Waals surface area contributed by atoms with E-state index < -0.39 is 5.97 Å². The Morgan fingerprint density at radius 1 is 0.960 bits per heavy atom. The van der Waals surface area contributed by atoms with E-state index in [1.807, 2.05) is 29.3 Å². The molecule has 0 bridgehead atoms. The molecule has 1 saturated heterocycles. The van der Waals surface area contributed by atoms with Crippen LogP contribution in [0.3, 0.4) is 0 Å². The van der Waals surface area contributed by atoms with Crippen molar-refractivity contribution in [3.8, 4) is 5.75 Å². The molecule has 0 radical (unpaired) electrons. The van der Waals surface area contributed by atoms with Crippen LogP contribution in [0, 0.1) is 0 Å². The molecule has 25 heavy (non-hydrogen) atoms. The number of carbonyl (C=O) groups excluding carboxylic acids is 2. The van der Waals surface area contributed by atoms with Crippen molar-refractivity contribution in [1.29, 1.82) is 0 Å². The van der Waals surface area contributed by atoms with Gasteiger partial charge in [-0.25, -0.2) is 9.78 Å². The van der Waals surface area contributed by atoms with Crippen LogP contribution in [0.2, 0.25) is 0 Å². The van der Waals surface area contributed by atoms with Gasteiger partial charge in [0, 0.05) is 12.3 Å². The van der Waals surface area contributed by atoms with Gasteiger partial charge in [0.15, 0.2) is 0 Å². The van der Waals surface area contributed by atoms with Crippen molar-refractivity contribution in [1.82, 2.24) is 4.90 Å². The summed E-state index contributed by atoms with van der Waals surface area (Å²) in [5.74, 6) is 0.546. The van der Waals surface area contributed by atoms with Gasteiger partial charge in [0.1, 0.15) is 24.4 Å². The first-order valence-electron chi connectivity index (χ1n) is 8.26. The zero-order valence-electron chi connectivity index (χ0n) is 13.6. The number of pyridine rings is 1. The molecule has 1 N–H and O–H groups in total. The van der Waals surface area contributed by atoms with E-state index in [1.165, 1.54) is 0 Å². The Morgan fingerprint density at radius 3 is 2.48 bits per heavy atom. The average Bonchev–Trinajstić information content (AvgIpc) is 2.66. The molecule has 1 aromatic carbocycles. The molecule has 3 heterocycles. The van der Waals surface area contributed by atoms with Gasteiger partial charge in [0.2, 0.25) is 5.78 Å². The summed E-state index contributed by atoms with van der Waals surface area (Å²) in [5.41, 5.74) is 0.532. The van der Waals surface area contributed by atoms with Gasteiger partial charge in [-0.2, -0.15) is 0 Å². The Labute approximate surface area is 145 Å². The second-order valence-corrected chi connectivity index (χ2v) is 6.03. The number of benzene rings is 1. The van der Waals surface area contributed by atoms with E-state index in [-0.39, 0.29) is 11.4 Å². The molecule has 0 atom stereocenters. The highest BCUT2D eigenvalue weighted by molar-refractivity contribution is 6.27. The number of hydrogen-bond acceptors (Lipinski definition) is 5. The molecule has 2 aliphatic rings. The molecule has 126 valence electrons. The minimum absolute atomic E-state index is 0.0958. The highest BCUT2D eigenvalue weighted by Crippen LogP contribution is 2.27. The number of piperazine rings is 1. The smallest absolute Gasteiger partial charge is 0.349 e. The number of ketones is 1. The molecular weight excluding hydrogens is 318 g/mol. The number of H-pyrrole nitrogens is 1. The summed E-state index contributed by atoms with van der Waals surface area (Å²) in [6.07, 6.45) is 3.55. The summed E-state index contributed by atoms with van der Waals surface area (Å²) in [5, 5.41) is 0. The molecule has 1 fully saturated rings. The van der Waals surface area contributed by atoms with Crippen LogP contribution < -0.4 is 14.6 Å². The lowest BCUT2D eigenvalue weighted by Gasteiger charge is -2.30. The molecule has 2 aromatic rings. The van der Waals surface area contributed by atoms with Crippen molar-refractivity contribution in [2.45, 2.75) is 0 Å². The van der Waals surface area contributed by atoms with E-state index in [0.29, 0.717) is 11.3 Å². The minimum atomic E-state index is -0.581. The number of aromatic nitrogens is 1. The summed E-state index contributed by atoms with van der Waals surface area (Å²) in [6, 6.07) is 12.8. The fourth-order valence-electron chi connectivity index (χ4n) is 3.10. The number of aromatic amines is 1. The number of hydrogen-bond donors (Lipinski definition) is 0. The molecule has 0 spiro atoms. The Morgan fingerprint density at radius 2 is 1.72 bits per heavy atom. The van der Waals surface area contributed by atoms with Crippen molar-refractivity contribution in [2.75, 3.05) is 31.1 Å². The molecule has 6 nitrogen and oxygen atoms in total. The summed E-state index contributed by atoms with van der Waals surface area (Å²) in [7, 11) is 0. The second kappa shape index (κ2) is 6.39. The normalized spacial score (nSPS) is 19.0. The van der Waals surface area contributed by atoms with Gasteiger partial charge in [-0.3, -0.25) is 9.69 Å². The molecule has 0 saturated carbocycles. The second-order valence-electron chi connectivity index (χ2n) is 6.03. The number of rotatable bonds is 2. The molecule has 6 heteroatoms. The zero-order chi connectivity index (χ0) is 17.2. The first kappa shape index (κ1) is 15.4. The number of nitrogens with zero attached hydrogens (tertiary/aromatic N) is 2. The van der Waals surface area contributed by atoms with Gasteiger partial charge in [0.25, 0.3) is 5.82 Å². The number of ether oxygens (including phenoxy) is 1. The van der Waals surface area contributed by atoms with Gasteiger partial charge >= 0.3 is 5.97 Å². The highest BCUT2D eigenvalue weighted by atomic mass is 16.5. The van der Waals surface area contributed by atoms with E-state index in [0.717, 1.165) is 32.0 Å². The van der Waals surface area contributed by atoms with Crippen LogP contribution >= 0.6 is 0 Å². The van der Waals surface area contributed by atoms with Crippen LogP contribution in [-0.2, 0) is 4.79 Å². The Hall–Kier alpha value is -3.15. The van der Waals surface area contributed by atoms with E-state index in [9.17, 15) is 9.59 Å². The van der Waals surface area contributed by atoms with Gasteiger partial charge in [0.05, 0.1) is 24.8 Å². The Balaban J connectivity index is 1.49. The quantitative estimate of drug-likeness (QED) is 0.358. The summed E-state index contributed by atoms with van der Waals surface area (Å²) < 4.78 is 5.28. The van der Waals surface area contributed by atoms with Crippen molar-refractivity contribution in [3.63, 3.8) is 0 Å². The number of carbonyl (C=O) groups is 2. The van der Waals surface area contributed by atoms with Crippen molar-refractivity contribution >= 4 is 17.6 Å². The molecular formula is C19H18N3O3+. The average molecular weight is 336 g/mol. The SMILES string of the molecule is O=C1Oc2ccccc2C(=O)/C1=C/N1CCN(c2cccc[nH+]2)CC1. The number of esters is 1. The van der Waals surface area contributed by atoms with E-state index >= 15 is 0 Å². The third-order valence-corrected chi connectivity index (χ3v) is 4.46. The molecule has 4 rings (SSSR count). The molecule has 0 amide bonds. The first-order valence-corrected chi connectivity index (χ1v) is 8.26. The van der Waals surface area contributed by atoms with Crippen LogP contribution in [0.1, 0.15) is 10.4 Å². The lowest BCUT2D eigenvalue weighted by atomic mass is 10.0. The zero-order valence-corrected chi connectivity index (χ0v) is 13.6. The number of para-hydroxylation sites is 1. The molecule has 0 aliphatic carbocycles. The topological polar surface area (TPSA) is 64.0 Å². The predicted octanol–water partition coefficient (Wildman–Crippen LogP) is 1.31. The molecule has 1 aromatic heterocycles. The molecule has 0 unspecified atom stereocenters. The van der Waals surface area contributed by atoms with Crippen molar-refractivity contribution < 1.29 is 19.3 Å². The van der Waals surface area contributed by atoms with E-state index in [1.54, 1.807) is 30.5 Å². The van der Waals surface area contributed by atoms with Gasteiger partial charge in [-0.05, 0) is 18.2 Å². The van der Waals surface area contributed by atoms with Crippen molar-refractivity contribution in [2.24, 2.45) is 0 Å². The van der Waals surface area contributed by atoms with Crippen molar-refractivity contribution in [3.05, 3.63) is 66.0 Å². The minimum Gasteiger partial charge on any atom is -0.422 e. The van der Waals surface area contributed by atoms with Gasteiger partial charge in [-0.1, -0.05) is 18.2 Å². The van der Waals surface area contributed by atoms with Gasteiger partial charge < -0.3 is 9.64 Å². The first-order chi connectivity index (χ1) is 12.2. The summed E-state index contributed by atoms with van der Waals surface area (Å²) in [6.45, 7) is 3.08. The third kappa shape index (κ3) is 2.98. The van der Waals surface area contributed by atoms with Crippen LogP contribution in [0.25, 0.3) is 0 Å². The number of Topliss-reactive ketones (excluding diaryl/α,β-unsaturated/α-hetero) is 1. The van der Waals surface area contributed by atoms with Crippen LogP contribution in [0.4, 0.5) is 5.82 Å². The lowest BCUT2D eigenvalue weighted by molar-refractivity contribution is -0.364. The summed E-state index contributed by atoms with van der Waals surface area (Å²) in [4.78, 5) is 32.2. The summed E-state index contributed by atoms with van der Waals surface area (Å²) >= 11 is 0. The van der Waals surface area contributed by atoms with E-state index in [4.69, 9.17) is 4.74 Å². The van der Waals surface area contributed by atoms with E-state index in [2.05, 4.69) is 9.88 Å². The fourth-order valence-corrected chi connectivity index (χ4v) is 3.10. The van der Waals surface area contributed by atoms with Crippen LogP contribution in [0.15, 0.2) is 60.4 Å². The monoisotopic (exact) mass is 336 g/mol. The van der Waals surface area contributed by atoms with Crippen LogP contribution in [-0.4, -0.2) is 42.8 Å². The fraction of sp³-hybridized carbons (Fsp3) is 0.211. The number of anilines is 1. The standard InChI is InChI=1S/C19H17N3O3/c23-18-14-5-1-2-6-16(14)25-19(24)15(18)13-21-9-11-22(12-10-21)17-7-3-4-8-20-17/h1-8,13H,9-12H2/p+1/b15-13-. The third-order valence-electron chi connectivity index (χ3n) is 4.46. The van der Waals surface area contributed by atoms with Gasteiger partial charge in [-0.15, -0.1) is 0 Å². The maximum absolute atomic E-state index is 12.6. The maximum atomic E-state index is 12.6.